The van der Waals surface area contributed by atoms with Crippen molar-refractivity contribution < 1.29 is 23.8 Å². The lowest BCUT2D eigenvalue weighted by Crippen LogP contribution is -2.42. The summed E-state index contributed by atoms with van der Waals surface area (Å²) in [7, 11) is 1.59. The van der Waals surface area contributed by atoms with Crippen molar-refractivity contribution in [1.29, 1.82) is 0 Å². The Morgan fingerprint density at radius 1 is 1.12 bits per heavy atom. The first-order valence-corrected chi connectivity index (χ1v) is 15.0. The molecule has 0 spiro atoms. The largest absolute Gasteiger partial charge is 0.497 e. The van der Waals surface area contributed by atoms with Gasteiger partial charge in [0.05, 0.1) is 48.8 Å². The van der Waals surface area contributed by atoms with E-state index in [1.807, 2.05) is 58.1 Å². The van der Waals surface area contributed by atoms with Gasteiger partial charge in [0.1, 0.15) is 12.3 Å². The molecule has 0 N–H and O–H groups in total. The van der Waals surface area contributed by atoms with Crippen molar-refractivity contribution in [3.05, 3.63) is 96.8 Å². The molecule has 2 aliphatic heterocycles. The average Bonchev–Trinajstić information content (AvgIpc) is 3.53. The number of allylic oxidation sites excluding steroid dienone is 1. The second kappa shape index (κ2) is 12.0. The Kier molecular flexibility index (Phi) is 8.00. The van der Waals surface area contributed by atoms with E-state index in [9.17, 15) is 14.4 Å². The van der Waals surface area contributed by atoms with Gasteiger partial charge in [0, 0.05) is 35.8 Å². The number of benzene rings is 2. The molecule has 4 heterocycles. The van der Waals surface area contributed by atoms with Gasteiger partial charge < -0.3 is 23.7 Å². The van der Waals surface area contributed by atoms with Gasteiger partial charge in [0.25, 0.3) is 5.56 Å². The predicted molar refractivity (Wildman–Crippen MR) is 163 cm³/mol. The molecule has 2 aromatic carbocycles. The molecule has 0 bridgehead atoms. The first kappa shape index (κ1) is 28.6. The molecule has 11 heteroatoms. The van der Waals surface area contributed by atoms with Gasteiger partial charge in [0.2, 0.25) is 5.91 Å². The molecule has 222 valence electrons. The van der Waals surface area contributed by atoms with E-state index in [1.165, 1.54) is 11.3 Å². The number of morpholine rings is 1. The summed E-state index contributed by atoms with van der Waals surface area (Å²) in [5.41, 5.74) is 3.02. The fourth-order valence-corrected chi connectivity index (χ4v) is 6.65. The second-order valence-corrected chi connectivity index (χ2v) is 11.3. The molecule has 2 aromatic heterocycles. The Bertz CT molecular complexity index is 1910. The van der Waals surface area contributed by atoms with E-state index < -0.39 is 12.0 Å². The van der Waals surface area contributed by atoms with Crippen molar-refractivity contribution in [2.45, 2.75) is 26.4 Å². The number of esters is 1. The van der Waals surface area contributed by atoms with Crippen LogP contribution in [-0.4, -0.2) is 65.9 Å². The molecule has 10 nitrogen and oxygen atoms in total. The van der Waals surface area contributed by atoms with E-state index in [4.69, 9.17) is 14.2 Å². The summed E-state index contributed by atoms with van der Waals surface area (Å²) >= 11 is 1.27. The highest BCUT2D eigenvalue weighted by atomic mass is 32.1. The molecule has 1 atom stereocenters. The summed E-state index contributed by atoms with van der Waals surface area (Å²) in [5.74, 6) is 0.182. The smallest absolute Gasteiger partial charge is 0.338 e. The van der Waals surface area contributed by atoms with Crippen LogP contribution < -0.4 is 19.6 Å². The minimum Gasteiger partial charge on any atom is -0.497 e. The minimum absolute atomic E-state index is 0.0245. The number of fused-ring (bicyclic) bond motifs is 2. The van der Waals surface area contributed by atoms with Crippen molar-refractivity contribution in [3.8, 4) is 5.75 Å². The quantitative estimate of drug-likeness (QED) is 0.302. The first-order valence-electron chi connectivity index (χ1n) is 14.2. The number of carbonyl (C=O) groups is 2. The Balaban J connectivity index is 1.46. The molecule has 43 heavy (non-hydrogen) atoms. The van der Waals surface area contributed by atoms with Crippen LogP contribution in [0.4, 0.5) is 0 Å². The summed E-state index contributed by atoms with van der Waals surface area (Å²) in [4.78, 5) is 47.3. The summed E-state index contributed by atoms with van der Waals surface area (Å²) in [6, 6.07) is 14.4. The molecular formula is C32H32N4O6S. The number of ether oxygens (including phenoxy) is 3. The van der Waals surface area contributed by atoms with Crippen LogP contribution in [0.1, 0.15) is 31.0 Å². The number of aromatic nitrogens is 2. The third-order valence-electron chi connectivity index (χ3n) is 7.72. The van der Waals surface area contributed by atoms with Crippen molar-refractivity contribution >= 4 is 40.2 Å². The maximum atomic E-state index is 14.1. The number of amides is 1. The van der Waals surface area contributed by atoms with Gasteiger partial charge in [-0.05, 0) is 43.7 Å². The molecule has 0 radical (unpaired) electrons. The maximum Gasteiger partial charge on any atom is 0.338 e. The normalized spacial score (nSPS) is 17.1. The number of methoxy groups -OCH3 is 1. The summed E-state index contributed by atoms with van der Waals surface area (Å²) in [6.45, 7) is 6.14. The SMILES string of the molecule is CCOC(=O)C1=C(C)N=c2s/c(=C/c3cn(CC(=O)N4CCOCC4)c4ccccc34)c(=O)n2[C@@H]1c1ccc(OC)cc1. The van der Waals surface area contributed by atoms with Crippen LogP contribution in [0.5, 0.6) is 5.75 Å². The average molecular weight is 601 g/mol. The van der Waals surface area contributed by atoms with Crippen LogP contribution in [0.3, 0.4) is 0 Å². The topological polar surface area (TPSA) is 104 Å². The number of para-hydroxylation sites is 1. The van der Waals surface area contributed by atoms with Crippen molar-refractivity contribution in [2.75, 3.05) is 40.0 Å². The Labute approximate surface area is 251 Å². The molecular weight excluding hydrogens is 568 g/mol. The number of rotatable bonds is 7. The van der Waals surface area contributed by atoms with E-state index in [2.05, 4.69) is 4.99 Å². The monoisotopic (exact) mass is 600 g/mol. The Morgan fingerprint density at radius 3 is 2.58 bits per heavy atom. The highest BCUT2D eigenvalue weighted by molar-refractivity contribution is 7.07. The summed E-state index contributed by atoms with van der Waals surface area (Å²) in [6.07, 6.45) is 3.76. The number of hydrogen-bond acceptors (Lipinski definition) is 8. The van der Waals surface area contributed by atoms with E-state index in [1.54, 1.807) is 37.7 Å². The predicted octanol–water partition coefficient (Wildman–Crippen LogP) is 2.62. The zero-order valence-electron chi connectivity index (χ0n) is 24.2. The van der Waals surface area contributed by atoms with Crippen LogP contribution in [0.25, 0.3) is 17.0 Å². The summed E-state index contributed by atoms with van der Waals surface area (Å²) in [5, 5.41) is 0.929. The fourth-order valence-electron chi connectivity index (χ4n) is 5.61. The maximum absolute atomic E-state index is 14.1. The fraction of sp³-hybridized carbons (Fsp3) is 0.312. The number of carbonyl (C=O) groups excluding carboxylic acids is 2. The zero-order valence-corrected chi connectivity index (χ0v) is 25.1. The van der Waals surface area contributed by atoms with Gasteiger partial charge in [-0.1, -0.05) is 41.7 Å². The van der Waals surface area contributed by atoms with E-state index in [-0.39, 0.29) is 24.6 Å². The van der Waals surface area contributed by atoms with Crippen LogP contribution in [0.2, 0.25) is 0 Å². The number of hydrogen-bond donors (Lipinski definition) is 0. The molecule has 1 amide bonds. The highest BCUT2D eigenvalue weighted by Crippen LogP contribution is 2.31. The Hall–Kier alpha value is -4.48. The minimum atomic E-state index is -0.712. The van der Waals surface area contributed by atoms with Crippen molar-refractivity contribution in [3.63, 3.8) is 0 Å². The molecule has 6 rings (SSSR count). The zero-order chi connectivity index (χ0) is 30.1. The van der Waals surface area contributed by atoms with Crippen LogP contribution in [0.15, 0.2) is 75.8 Å². The Morgan fingerprint density at radius 2 is 1.86 bits per heavy atom. The van der Waals surface area contributed by atoms with Gasteiger partial charge in [-0.15, -0.1) is 0 Å². The van der Waals surface area contributed by atoms with Crippen LogP contribution in [0, 0.1) is 0 Å². The van der Waals surface area contributed by atoms with Crippen LogP contribution in [-0.2, 0) is 25.6 Å². The van der Waals surface area contributed by atoms with E-state index >= 15 is 0 Å². The van der Waals surface area contributed by atoms with Gasteiger partial charge >= 0.3 is 5.97 Å². The van der Waals surface area contributed by atoms with E-state index in [0.29, 0.717) is 52.7 Å². The third kappa shape index (κ3) is 5.41. The second-order valence-electron chi connectivity index (χ2n) is 10.3. The third-order valence-corrected chi connectivity index (χ3v) is 8.71. The van der Waals surface area contributed by atoms with Crippen molar-refractivity contribution in [1.82, 2.24) is 14.0 Å². The molecule has 1 fully saturated rings. The standard InChI is InChI=1S/C32H32N4O6S/c1-4-42-31(39)28-20(2)33-32-36(29(28)21-9-11-23(40-3)12-10-21)30(38)26(43-32)17-22-18-35(25-8-6-5-7-24(22)25)19-27(37)34-13-15-41-16-14-34/h5-12,17-18,29H,4,13-16,19H2,1-3H3/b26-17+/t29-/m1/s1. The van der Waals surface area contributed by atoms with Gasteiger partial charge in [0.15, 0.2) is 4.80 Å². The molecule has 1 saturated heterocycles. The number of thiazole rings is 1. The van der Waals surface area contributed by atoms with Gasteiger partial charge in [-0.3, -0.25) is 14.2 Å². The summed E-state index contributed by atoms with van der Waals surface area (Å²) < 4.78 is 20.1. The van der Waals surface area contributed by atoms with E-state index in [0.717, 1.165) is 22.0 Å². The van der Waals surface area contributed by atoms with Crippen LogP contribution >= 0.6 is 11.3 Å². The molecule has 0 aliphatic carbocycles. The van der Waals surface area contributed by atoms with Gasteiger partial charge in [-0.25, -0.2) is 9.79 Å². The first-order chi connectivity index (χ1) is 20.9. The van der Waals surface area contributed by atoms with Gasteiger partial charge in [-0.2, -0.15) is 0 Å². The lowest BCUT2D eigenvalue weighted by Gasteiger charge is -2.27. The molecule has 0 unspecified atom stereocenters. The lowest BCUT2D eigenvalue weighted by atomic mass is 9.96. The molecule has 2 aliphatic rings. The molecule has 4 aromatic rings. The highest BCUT2D eigenvalue weighted by Gasteiger charge is 2.33. The lowest BCUT2D eigenvalue weighted by molar-refractivity contribution is -0.139. The number of nitrogens with zero attached hydrogens (tertiary/aromatic N) is 4. The molecule has 0 saturated carbocycles. The van der Waals surface area contributed by atoms with Crippen molar-refractivity contribution in [2.24, 2.45) is 4.99 Å².